The van der Waals surface area contributed by atoms with E-state index >= 15 is 0 Å². The predicted octanol–water partition coefficient (Wildman–Crippen LogP) is 3.53. The standard InChI is InChI=1S/C14H20BrNO2/c1-16-14(9-5-4-6-9)10-7-13(18-3)11(15)8-12(10)17-2/h7-9,14,16H,4-6H2,1-3H3. The van der Waals surface area contributed by atoms with Crippen molar-refractivity contribution in [1.82, 2.24) is 5.32 Å². The first-order chi connectivity index (χ1) is 8.71. The van der Waals surface area contributed by atoms with Gasteiger partial charge in [0.1, 0.15) is 11.5 Å². The summed E-state index contributed by atoms with van der Waals surface area (Å²) in [7, 11) is 5.41. The Kier molecular flexibility index (Phi) is 4.51. The molecule has 1 N–H and O–H groups in total. The van der Waals surface area contributed by atoms with Crippen LogP contribution in [0.5, 0.6) is 11.5 Å². The fraction of sp³-hybridized carbons (Fsp3) is 0.571. The van der Waals surface area contributed by atoms with Crippen molar-refractivity contribution in [2.45, 2.75) is 25.3 Å². The summed E-state index contributed by atoms with van der Waals surface area (Å²) in [5, 5.41) is 3.41. The monoisotopic (exact) mass is 313 g/mol. The molecule has 0 aliphatic heterocycles. The molecule has 0 aromatic heterocycles. The van der Waals surface area contributed by atoms with Gasteiger partial charge in [-0.15, -0.1) is 0 Å². The van der Waals surface area contributed by atoms with Crippen LogP contribution < -0.4 is 14.8 Å². The molecule has 0 bridgehead atoms. The third-order valence-corrected chi connectivity index (χ3v) is 4.39. The highest BCUT2D eigenvalue weighted by molar-refractivity contribution is 9.10. The molecule has 1 atom stereocenters. The molecule has 2 rings (SSSR count). The Labute approximate surface area is 117 Å². The van der Waals surface area contributed by atoms with Crippen molar-refractivity contribution in [3.05, 3.63) is 22.2 Å². The van der Waals surface area contributed by atoms with Crippen LogP contribution in [-0.2, 0) is 0 Å². The van der Waals surface area contributed by atoms with Gasteiger partial charge >= 0.3 is 0 Å². The summed E-state index contributed by atoms with van der Waals surface area (Å²) in [6.45, 7) is 0. The third kappa shape index (κ3) is 2.50. The summed E-state index contributed by atoms with van der Waals surface area (Å²) in [6, 6.07) is 4.40. The molecular formula is C14H20BrNO2. The van der Waals surface area contributed by atoms with Gasteiger partial charge in [-0.2, -0.15) is 0 Å². The molecule has 0 heterocycles. The van der Waals surface area contributed by atoms with Crippen molar-refractivity contribution in [3.63, 3.8) is 0 Å². The maximum atomic E-state index is 5.50. The molecule has 1 aliphatic carbocycles. The van der Waals surface area contributed by atoms with Crippen LogP contribution in [0.4, 0.5) is 0 Å². The highest BCUT2D eigenvalue weighted by Crippen LogP contribution is 2.43. The normalized spacial score (nSPS) is 17.1. The summed E-state index contributed by atoms with van der Waals surface area (Å²) in [5.41, 5.74) is 1.18. The van der Waals surface area contributed by atoms with E-state index in [0.29, 0.717) is 12.0 Å². The highest BCUT2D eigenvalue weighted by Gasteiger charge is 2.30. The lowest BCUT2D eigenvalue weighted by atomic mass is 9.77. The molecule has 0 spiro atoms. The van der Waals surface area contributed by atoms with E-state index < -0.39 is 0 Å². The van der Waals surface area contributed by atoms with Crippen LogP contribution in [0.15, 0.2) is 16.6 Å². The van der Waals surface area contributed by atoms with Gasteiger partial charge in [-0.05, 0) is 53.9 Å². The van der Waals surface area contributed by atoms with Gasteiger partial charge in [-0.3, -0.25) is 0 Å². The Morgan fingerprint density at radius 3 is 2.33 bits per heavy atom. The van der Waals surface area contributed by atoms with Crippen LogP contribution in [0, 0.1) is 5.92 Å². The first-order valence-electron chi connectivity index (χ1n) is 6.30. The lowest BCUT2D eigenvalue weighted by Crippen LogP contribution is -2.30. The summed E-state index contributed by atoms with van der Waals surface area (Å²) in [5.74, 6) is 2.47. The molecule has 0 amide bonds. The third-order valence-electron chi connectivity index (χ3n) is 3.77. The zero-order valence-corrected chi connectivity index (χ0v) is 12.7. The van der Waals surface area contributed by atoms with Gasteiger partial charge in [0.15, 0.2) is 0 Å². The fourth-order valence-corrected chi connectivity index (χ4v) is 3.03. The van der Waals surface area contributed by atoms with E-state index in [1.807, 2.05) is 13.1 Å². The highest BCUT2D eigenvalue weighted by atomic mass is 79.9. The number of rotatable bonds is 5. The summed E-state index contributed by atoms with van der Waals surface area (Å²) < 4.78 is 11.8. The number of hydrogen-bond acceptors (Lipinski definition) is 3. The van der Waals surface area contributed by atoms with Crippen molar-refractivity contribution in [2.24, 2.45) is 5.92 Å². The maximum absolute atomic E-state index is 5.50. The average Bonchev–Trinajstić information content (AvgIpc) is 2.33. The van der Waals surface area contributed by atoms with E-state index in [0.717, 1.165) is 16.0 Å². The lowest BCUT2D eigenvalue weighted by Gasteiger charge is -2.34. The zero-order chi connectivity index (χ0) is 13.1. The van der Waals surface area contributed by atoms with E-state index in [9.17, 15) is 0 Å². The topological polar surface area (TPSA) is 30.5 Å². The molecule has 1 unspecified atom stereocenters. The van der Waals surface area contributed by atoms with Gasteiger partial charge in [-0.1, -0.05) is 6.42 Å². The molecule has 1 fully saturated rings. The zero-order valence-electron chi connectivity index (χ0n) is 11.1. The Bertz CT molecular complexity index is 419. The summed E-state index contributed by atoms with van der Waals surface area (Å²) in [4.78, 5) is 0. The van der Waals surface area contributed by atoms with Gasteiger partial charge in [-0.25, -0.2) is 0 Å². The van der Waals surface area contributed by atoms with E-state index in [1.165, 1.54) is 24.8 Å². The molecule has 18 heavy (non-hydrogen) atoms. The first-order valence-corrected chi connectivity index (χ1v) is 7.09. The van der Waals surface area contributed by atoms with Gasteiger partial charge in [0, 0.05) is 11.6 Å². The van der Waals surface area contributed by atoms with Crippen molar-refractivity contribution >= 4 is 15.9 Å². The molecule has 3 nitrogen and oxygen atoms in total. The molecule has 100 valence electrons. The van der Waals surface area contributed by atoms with Crippen LogP contribution in [0.25, 0.3) is 0 Å². The molecule has 4 heteroatoms. The minimum atomic E-state index is 0.343. The van der Waals surface area contributed by atoms with E-state index in [4.69, 9.17) is 9.47 Å². The molecule has 1 aromatic carbocycles. The molecular weight excluding hydrogens is 294 g/mol. The van der Waals surface area contributed by atoms with Gasteiger partial charge < -0.3 is 14.8 Å². The SMILES string of the molecule is CNC(c1cc(OC)c(Br)cc1OC)C1CCC1. The minimum absolute atomic E-state index is 0.343. The molecule has 1 saturated carbocycles. The van der Waals surface area contributed by atoms with Crippen LogP contribution in [0.3, 0.4) is 0 Å². The Morgan fingerprint density at radius 2 is 1.89 bits per heavy atom. The second kappa shape index (κ2) is 5.93. The second-order valence-electron chi connectivity index (χ2n) is 4.69. The number of hydrogen-bond donors (Lipinski definition) is 1. The van der Waals surface area contributed by atoms with Crippen LogP contribution in [0.2, 0.25) is 0 Å². The fourth-order valence-electron chi connectivity index (χ4n) is 2.55. The second-order valence-corrected chi connectivity index (χ2v) is 5.54. The predicted molar refractivity (Wildman–Crippen MR) is 76.4 cm³/mol. The van der Waals surface area contributed by atoms with Gasteiger partial charge in [0.05, 0.1) is 18.7 Å². The van der Waals surface area contributed by atoms with Crippen LogP contribution in [0.1, 0.15) is 30.9 Å². The largest absolute Gasteiger partial charge is 0.496 e. The number of ether oxygens (including phenoxy) is 2. The summed E-state index contributed by atoms with van der Waals surface area (Å²) >= 11 is 3.50. The first kappa shape index (κ1) is 13.7. The Balaban J connectivity index is 2.39. The van der Waals surface area contributed by atoms with Crippen molar-refractivity contribution < 1.29 is 9.47 Å². The lowest BCUT2D eigenvalue weighted by molar-refractivity contribution is 0.234. The van der Waals surface area contributed by atoms with Gasteiger partial charge in [0.25, 0.3) is 0 Å². The number of nitrogens with one attached hydrogen (secondary N) is 1. The summed E-state index contributed by atoms with van der Waals surface area (Å²) in [6.07, 6.45) is 3.90. The molecule has 1 aliphatic rings. The van der Waals surface area contributed by atoms with E-state index in [1.54, 1.807) is 14.2 Å². The van der Waals surface area contributed by atoms with E-state index in [2.05, 4.69) is 27.3 Å². The number of methoxy groups -OCH3 is 2. The van der Waals surface area contributed by atoms with Crippen LogP contribution in [-0.4, -0.2) is 21.3 Å². The smallest absolute Gasteiger partial charge is 0.133 e. The van der Waals surface area contributed by atoms with Crippen LogP contribution >= 0.6 is 15.9 Å². The van der Waals surface area contributed by atoms with Crippen molar-refractivity contribution in [3.8, 4) is 11.5 Å². The number of benzene rings is 1. The van der Waals surface area contributed by atoms with Crippen molar-refractivity contribution in [1.29, 1.82) is 0 Å². The quantitative estimate of drug-likeness (QED) is 0.902. The minimum Gasteiger partial charge on any atom is -0.496 e. The average molecular weight is 314 g/mol. The number of halogens is 1. The molecule has 1 aromatic rings. The van der Waals surface area contributed by atoms with Crippen molar-refractivity contribution in [2.75, 3.05) is 21.3 Å². The maximum Gasteiger partial charge on any atom is 0.133 e. The Morgan fingerprint density at radius 1 is 1.22 bits per heavy atom. The molecule has 0 saturated heterocycles. The Hall–Kier alpha value is -0.740. The van der Waals surface area contributed by atoms with Gasteiger partial charge in [0.2, 0.25) is 0 Å². The molecule has 0 radical (unpaired) electrons. The van der Waals surface area contributed by atoms with E-state index in [-0.39, 0.29) is 0 Å².